The average Bonchev–Trinajstić information content (AvgIpc) is 2.72. The van der Waals surface area contributed by atoms with E-state index in [1.165, 1.54) is 0 Å². The van der Waals surface area contributed by atoms with Crippen LogP contribution >= 0.6 is 0 Å². The molecule has 3 N–H and O–H groups in total. The molecule has 0 radical (unpaired) electrons. The number of anilines is 1. The predicted octanol–water partition coefficient (Wildman–Crippen LogP) is 0.232. The van der Waals surface area contributed by atoms with Crippen LogP contribution in [0.3, 0.4) is 0 Å². The van der Waals surface area contributed by atoms with E-state index in [0.29, 0.717) is 11.6 Å². The first-order chi connectivity index (χ1) is 8.20. The molecule has 1 atom stereocenters. The number of rotatable bonds is 3. The Kier molecular flexibility index (Phi) is 3.20. The Morgan fingerprint density at radius 3 is 3.12 bits per heavy atom. The number of carbonyl (C=O) groups is 1. The first-order valence-corrected chi connectivity index (χ1v) is 5.19. The molecule has 0 fully saturated rings. The Hall–Kier alpha value is -2.15. The highest BCUT2D eigenvalue weighted by atomic mass is 16.3. The molecule has 90 valence electrons. The molecule has 2 amide bonds. The van der Waals surface area contributed by atoms with Crippen LogP contribution in [0.1, 0.15) is 6.92 Å². The van der Waals surface area contributed by atoms with Crippen molar-refractivity contribution in [2.45, 2.75) is 13.0 Å². The smallest absolute Gasteiger partial charge is 0.321 e. The molecule has 7 nitrogen and oxygen atoms in total. The van der Waals surface area contributed by atoms with Crippen molar-refractivity contribution in [2.75, 3.05) is 11.9 Å². The number of hydrogen-bond donors (Lipinski definition) is 3. The number of amides is 2. The molecular formula is C10H13N5O2. The number of aliphatic hydroxyl groups excluding tert-OH is 1. The molecule has 0 aliphatic heterocycles. The van der Waals surface area contributed by atoms with Crippen molar-refractivity contribution in [3.8, 4) is 0 Å². The minimum atomic E-state index is -0.426. The average molecular weight is 235 g/mol. The van der Waals surface area contributed by atoms with Crippen LogP contribution in [-0.2, 0) is 0 Å². The molecule has 2 aromatic heterocycles. The zero-order valence-corrected chi connectivity index (χ0v) is 9.29. The van der Waals surface area contributed by atoms with Gasteiger partial charge in [0.1, 0.15) is 0 Å². The minimum Gasteiger partial charge on any atom is -0.394 e. The van der Waals surface area contributed by atoms with Crippen LogP contribution in [0.25, 0.3) is 5.65 Å². The zero-order chi connectivity index (χ0) is 12.3. The summed E-state index contributed by atoms with van der Waals surface area (Å²) in [5, 5.41) is 21.7. The van der Waals surface area contributed by atoms with Gasteiger partial charge in [-0.25, -0.2) is 4.79 Å². The molecule has 0 bridgehead atoms. The number of pyridine rings is 1. The van der Waals surface area contributed by atoms with Gasteiger partial charge in [-0.2, -0.15) is 0 Å². The second-order valence-corrected chi connectivity index (χ2v) is 3.63. The molecule has 0 saturated carbocycles. The summed E-state index contributed by atoms with van der Waals surface area (Å²) in [5.74, 6) is 0.336. The molecule has 17 heavy (non-hydrogen) atoms. The number of urea groups is 1. The second-order valence-electron chi connectivity index (χ2n) is 3.63. The third-order valence-electron chi connectivity index (χ3n) is 2.19. The van der Waals surface area contributed by atoms with Crippen molar-refractivity contribution in [2.24, 2.45) is 0 Å². The van der Waals surface area contributed by atoms with Gasteiger partial charge in [-0.05, 0) is 19.1 Å². The van der Waals surface area contributed by atoms with Crippen LogP contribution in [0.4, 0.5) is 10.7 Å². The van der Waals surface area contributed by atoms with Gasteiger partial charge in [-0.3, -0.25) is 9.72 Å². The summed E-state index contributed by atoms with van der Waals surface area (Å²) in [6.45, 7) is 1.58. The van der Waals surface area contributed by atoms with E-state index in [1.54, 1.807) is 23.6 Å². The van der Waals surface area contributed by atoms with Crippen molar-refractivity contribution < 1.29 is 9.90 Å². The lowest BCUT2D eigenvalue weighted by atomic mass is 10.4. The fraction of sp³-hybridized carbons (Fsp3) is 0.300. The maximum atomic E-state index is 11.5. The molecule has 0 aromatic carbocycles. The first-order valence-electron chi connectivity index (χ1n) is 5.19. The molecule has 0 spiro atoms. The predicted molar refractivity (Wildman–Crippen MR) is 61.7 cm³/mol. The van der Waals surface area contributed by atoms with Crippen LogP contribution in [0.5, 0.6) is 0 Å². The van der Waals surface area contributed by atoms with Crippen molar-refractivity contribution in [3.63, 3.8) is 0 Å². The van der Waals surface area contributed by atoms with Gasteiger partial charge in [-0.15, -0.1) is 10.2 Å². The van der Waals surface area contributed by atoms with E-state index in [1.807, 2.05) is 12.1 Å². The molecule has 2 aromatic rings. The Bertz CT molecular complexity index is 524. The third kappa shape index (κ3) is 2.51. The van der Waals surface area contributed by atoms with E-state index in [9.17, 15) is 4.79 Å². The van der Waals surface area contributed by atoms with Gasteiger partial charge in [0.15, 0.2) is 5.65 Å². The highest BCUT2D eigenvalue weighted by molar-refractivity contribution is 5.87. The van der Waals surface area contributed by atoms with Crippen LogP contribution in [-0.4, -0.2) is 38.4 Å². The van der Waals surface area contributed by atoms with Crippen molar-refractivity contribution in [1.29, 1.82) is 0 Å². The molecule has 0 saturated heterocycles. The summed E-state index contributed by atoms with van der Waals surface area (Å²) >= 11 is 0. The van der Waals surface area contributed by atoms with E-state index >= 15 is 0 Å². The Morgan fingerprint density at radius 2 is 2.35 bits per heavy atom. The SMILES string of the molecule is C[C@@H](CO)NC(=O)Nc1nnc2ccccn12. The summed E-state index contributed by atoms with van der Waals surface area (Å²) in [6, 6.07) is 4.70. The van der Waals surface area contributed by atoms with E-state index in [-0.39, 0.29) is 12.6 Å². The lowest BCUT2D eigenvalue weighted by molar-refractivity contribution is 0.229. The third-order valence-corrected chi connectivity index (χ3v) is 2.19. The van der Waals surface area contributed by atoms with Crippen molar-refractivity contribution >= 4 is 17.6 Å². The van der Waals surface area contributed by atoms with E-state index in [2.05, 4.69) is 20.8 Å². The zero-order valence-electron chi connectivity index (χ0n) is 9.29. The van der Waals surface area contributed by atoms with E-state index in [0.717, 1.165) is 0 Å². The number of nitrogens with one attached hydrogen (secondary N) is 2. The summed E-state index contributed by atoms with van der Waals surface area (Å²) in [4.78, 5) is 11.5. The molecular weight excluding hydrogens is 222 g/mol. The van der Waals surface area contributed by atoms with Gasteiger partial charge in [0.05, 0.1) is 12.6 Å². The number of hydrogen-bond acceptors (Lipinski definition) is 4. The summed E-state index contributed by atoms with van der Waals surface area (Å²) in [5.41, 5.74) is 0.651. The Balaban J connectivity index is 2.11. The number of fused-ring (bicyclic) bond motifs is 1. The largest absolute Gasteiger partial charge is 0.394 e. The second kappa shape index (κ2) is 4.79. The van der Waals surface area contributed by atoms with Crippen molar-refractivity contribution in [3.05, 3.63) is 24.4 Å². The maximum Gasteiger partial charge on any atom is 0.321 e. The molecule has 2 heterocycles. The minimum absolute atomic E-state index is 0.117. The molecule has 0 aliphatic carbocycles. The van der Waals surface area contributed by atoms with Gasteiger partial charge in [0.25, 0.3) is 0 Å². The molecule has 2 rings (SSSR count). The quantitative estimate of drug-likeness (QED) is 0.710. The van der Waals surface area contributed by atoms with Crippen LogP contribution in [0.15, 0.2) is 24.4 Å². The normalized spacial score (nSPS) is 12.4. The van der Waals surface area contributed by atoms with Gasteiger partial charge in [0.2, 0.25) is 5.95 Å². The molecule has 0 aliphatic rings. The van der Waals surface area contributed by atoms with Crippen LogP contribution < -0.4 is 10.6 Å². The van der Waals surface area contributed by atoms with Gasteiger partial charge in [0, 0.05) is 6.20 Å². The summed E-state index contributed by atoms with van der Waals surface area (Å²) in [7, 11) is 0. The highest BCUT2D eigenvalue weighted by Crippen LogP contribution is 2.06. The monoisotopic (exact) mass is 235 g/mol. The summed E-state index contributed by atoms with van der Waals surface area (Å²) < 4.78 is 1.66. The van der Waals surface area contributed by atoms with Gasteiger partial charge >= 0.3 is 6.03 Å². The standard InChI is InChI=1S/C10H13N5O2/c1-7(6-16)11-10(17)12-9-14-13-8-4-2-3-5-15(8)9/h2-5,7,16H,6H2,1H3,(H2,11,12,14,17)/t7-/m0/s1. The fourth-order valence-electron chi connectivity index (χ4n) is 1.33. The van der Waals surface area contributed by atoms with Crippen molar-refractivity contribution in [1.82, 2.24) is 19.9 Å². The maximum absolute atomic E-state index is 11.5. The van der Waals surface area contributed by atoms with Gasteiger partial charge in [-0.1, -0.05) is 6.07 Å². The number of aliphatic hydroxyl groups is 1. The topological polar surface area (TPSA) is 91.5 Å². The Morgan fingerprint density at radius 1 is 1.53 bits per heavy atom. The lowest BCUT2D eigenvalue weighted by Crippen LogP contribution is -2.38. The highest BCUT2D eigenvalue weighted by Gasteiger charge is 2.10. The number of carbonyl (C=O) groups excluding carboxylic acids is 1. The molecule has 7 heteroatoms. The van der Waals surface area contributed by atoms with Crippen LogP contribution in [0, 0.1) is 0 Å². The van der Waals surface area contributed by atoms with E-state index in [4.69, 9.17) is 5.11 Å². The summed E-state index contributed by atoms with van der Waals surface area (Å²) in [6.07, 6.45) is 1.75. The number of nitrogens with zero attached hydrogens (tertiary/aromatic N) is 3. The Labute approximate surface area is 97.5 Å². The van der Waals surface area contributed by atoms with Crippen LogP contribution in [0.2, 0.25) is 0 Å². The fourth-order valence-corrected chi connectivity index (χ4v) is 1.33. The van der Waals surface area contributed by atoms with Gasteiger partial charge < -0.3 is 10.4 Å². The first kappa shape index (κ1) is 11.3. The number of aromatic nitrogens is 3. The lowest BCUT2D eigenvalue weighted by Gasteiger charge is -2.10. The molecule has 0 unspecified atom stereocenters. The van der Waals surface area contributed by atoms with E-state index < -0.39 is 6.03 Å².